The van der Waals surface area contributed by atoms with E-state index in [1.54, 1.807) is 6.92 Å². The van der Waals surface area contributed by atoms with Crippen molar-refractivity contribution in [2.75, 3.05) is 19.7 Å². The molecule has 0 bridgehead atoms. The molecule has 0 radical (unpaired) electrons. The quantitative estimate of drug-likeness (QED) is 0.863. The Morgan fingerprint density at radius 2 is 2.00 bits per heavy atom. The fourth-order valence-corrected chi connectivity index (χ4v) is 3.08. The summed E-state index contributed by atoms with van der Waals surface area (Å²) in [5.41, 5.74) is 0.487. The van der Waals surface area contributed by atoms with Crippen molar-refractivity contribution in [3.63, 3.8) is 0 Å². The van der Waals surface area contributed by atoms with E-state index in [1.807, 2.05) is 0 Å². The smallest absolute Gasteiger partial charge is 0.252 e. The number of nitrogens with zero attached hydrogens (tertiary/aromatic N) is 1. The number of sulfonamides is 1. The Hall–Kier alpha value is -1.12. The Morgan fingerprint density at radius 3 is 2.53 bits per heavy atom. The monoisotopic (exact) mass is 297 g/mol. The van der Waals surface area contributed by atoms with Crippen LogP contribution in [0, 0.1) is 12.7 Å². The average molecular weight is 297 g/mol. The van der Waals surface area contributed by atoms with Crippen LogP contribution in [0.5, 0.6) is 0 Å². The molecule has 108 valence electrons. The number of hydrogen-bond donors (Lipinski definition) is 1. The Labute approximate surface area is 109 Å². The van der Waals surface area contributed by atoms with Crippen LogP contribution < -0.4 is 0 Å². The number of rotatable bonds is 6. The molecule has 1 aromatic carbocycles. The van der Waals surface area contributed by atoms with Crippen LogP contribution in [-0.2, 0) is 10.0 Å². The summed E-state index contributed by atoms with van der Waals surface area (Å²) in [5.74, 6) is -1.01. The highest BCUT2D eigenvalue weighted by atomic mass is 32.2. The van der Waals surface area contributed by atoms with Crippen molar-refractivity contribution in [1.82, 2.24) is 4.31 Å². The first-order valence-electron chi connectivity index (χ1n) is 5.44. The van der Waals surface area contributed by atoms with Crippen molar-refractivity contribution < 1.29 is 26.7 Å². The second-order valence-corrected chi connectivity index (χ2v) is 5.82. The minimum absolute atomic E-state index is 0.371. The number of aliphatic hydroxyl groups is 1. The molecular weight excluding hydrogens is 283 g/mol. The fourth-order valence-electron chi connectivity index (χ4n) is 1.52. The van der Waals surface area contributed by atoms with Gasteiger partial charge in [-0.05, 0) is 24.6 Å². The molecule has 1 aromatic rings. The lowest BCUT2D eigenvalue weighted by Crippen LogP contribution is -2.37. The molecule has 1 rings (SSSR count). The van der Waals surface area contributed by atoms with Crippen LogP contribution in [0.4, 0.5) is 13.2 Å². The summed E-state index contributed by atoms with van der Waals surface area (Å²) in [6, 6.07) is 3.40. The summed E-state index contributed by atoms with van der Waals surface area (Å²) in [7, 11) is -4.39. The van der Waals surface area contributed by atoms with Crippen molar-refractivity contribution >= 4 is 10.0 Å². The number of aliphatic hydroxyl groups excluding tert-OH is 1. The van der Waals surface area contributed by atoms with Gasteiger partial charge in [0, 0.05) is 6.54 Å². The molecule has 0 amide bonds. The number of alkyl halides is 2. The third kappa shape index (κ3) is 3.92. The first kappa shape index (κ1) is 15.9. The minimum atomic E-state index is -4.39. The molecule has 0 unspecified atom stereocenters. The van der Waals surface area contributed by atoms with Gasteiger partial charge in [0.25, 0.3) is 6.43 Å². The molecule has 1 N–H and O–H groups in total. The molecule has 0 aromatic heterocycles. The van der Waals surface area contributed by atoms with Gasteiger partial charge in [0.1, 0.15) is 10.7 Å². The third-order valence-electron chi connectivity index (χ3n) is 2.40. The van der Waals surface area contributed by atoms with Gasteiger partial charge in [-0.1, -0.05) is 6.07 Å². The third-order valence-corrected chi connectivity index (χ3v) is 4.28. The fraction of sp³-hybridized carbons (Fsp3) is 0.455. The zero-order valence-corrected chi connectivity index (χ0v) is 11.0. The predicted molar refractivity (Wildman–Crippen MR) is 63.0 cm³/mol. The van der Waals surface area contributed by atoms with E-state index in [-0.39, 0.29) is 0 Å². The van der Waals surface area contributed by atoms with E-state index in [0.717, 1.165) is 12.1 Å². The zero-order chi connectivity index (χ0) is 14.6. The standard InChI is InChI=1S/C11H14F3NO3S/c1-8-2-3-9(12)10(6-8)19(17,18)15(4-5-16)7-11(13)14/h2-3,6,11,16H,4-5,7H2,1H3. The molecule has 8 heteroatoms. The molecule has 0 spiro atoms. The van der Waals surface area contributed by atoms with Crippen LogP contribution in [0.1, 0.15) is 5.56 Å². The largest absolute Gasteiger partial charge is 0.395 e. The van der Waals surface area contributed by atoms with E-state index < -0.39 is 46.9 Å². The average Bonchev–Trinajstić information content (AvgIpc) is 2.31. The molecule has 0 saturated heterocycles. The normalized spacial score (nSPS) is 12.4. The Morgan fingerprint density at radius 1 is 1.37 bits per heavy atom. The second-order valence-electron chi connectivity index (χ2n) is 3.91. The van der Waals surface area contributed by atoms with Crippen molar-refractivity contribution in [1.29, 1.82) is 0 Å². The van der Waals surface area contributed by atoms with Crippen LogP contribution >= 0.6 is 0 Å². The maximum atomic E-state index is 13.5. The van der Waals surface area contributed by atoms with Gasteiger partial charge in [-0.15, -0.1) is 0 Å². The van der Waals surface area contributed by atoms with Crippen molar-refractivity contribution in [2.24, 2.45) is 0 Å². The number of aryl methyl sites for hydroxylation is 1. The SMILES string of the molecule is Cc1ccc(F)c(S(=O)(=O)N(CCO)CC(F)F)c1. The second kappa shape index (κ2) is 6.36. The Bertz CT molecular complexity index is 534. The Kier molecular flexibility index (Phi) is 5.33. The lowest BCUT2D eigenvalue weighted by Gasteiger charge is -2.21. The maximum Gasteiger partial charge on any atom is 0.252 e. The number of halogens is 3. The van der Waals surface area contributed by atoms with Gasteiger partial charge in [0.15, 0.2) is 0 Å². The van der Waals surface area contributed by atoms with Gasteiger partial charge in [0.05, 0.1) is 13.2 Å². The molecule has 0 aliphatic carbocycles. The minimum Gasteiger partial charge on any atom is -0.395 e. The van der Waals surface area contributed by atoms with E-state index in [0.29, 0.717) is 9.87 Å². The summed E-state index contributed by atoms with van der Waals surface area (Å²) in [4.78, 5) is -0.665. The zero-order valence-electron chi connectivity index (χ0n) is 10.2. The molecule has 0 atom stereocenters. The summed E-state index contributed by atoms with van der Waals surface area (Å²) < 4.78 is 62.8. The lowest BCUT2D eigenvalue weighted by molar-refractivity contribution is 0.113. The molecular formula is C11H14F3NO3S. The van der Waals surface area contributed by atoms with Crippen LogP contribution in [0.3, 0.4) is 0 Å². The van der Waals surface area contributed by atoms with Crippen LogP contribution in [-0.4, -0.2) is 44.0 Å². The van der Waals surface area contributed by atoms with Crippen LogP contribution in [0.15, 0.2) is 23.1 Å². The van der Waals surface area contributed by atoms with Crippen LogP contribution in [0.2, 0.25) is 0 Å². The summed E-state index contributed by atoms with van der Waals surface area (Å²) in [6.07, 6.45) is -2.91. The summed E-state index contributed by atoms with van der Waals surface area (Å²) >= 11 is 0. The van der Waals surface area contributed by atoms with Gasteiger partial charge in [-0.3, -0.25) is 0 Å². The summed E-state index contributed by atoms with van der Waals surface area (Å²) in [5, 5.41) is 8.74. The van der Waals surface area contributed by atoms with Gasteiger partial charge in [-0.2, -0.15) is 4.31 Å². The van der Waals surface area contributed by atoms with Gasteiger partial charge < -0.3 is 5.11 Å². The van der Waals surface area contributed by atoms with Crippen molar-refractivity contribution in [3.8, 4) is 0 Å². The lowest BCUT2D eigenvalue weighted by atomic mass is 10.2. The van der Waals surface area contributed by atoms with Gasteiger partial charge in [0.2, 0.25) is 10.0 Å². The van der Waals surface area contributed by atoms with E-state index in [4.69, 9.17) is 5.11 Å². The molecule has 19 heavy (non-hydrogen) atoms. The van der Waals surface area contributed by atoms with Crippen molar-refractivity contribution in [3.05, 3.63) is 29.6 Å². The molecule has 0 saturated carbocycles. The Balaban J connectivity index is 3.22. The first-order valence-corrected chi connectivity index (χ1v) is 6.88. The number of benzene rings is 1. The first-order chi connectivity index (χ1) is 8.78. The van der Waals surface area contributed by atoms with E-state index in [2.05, 4.69) is 0 Å². The molecule has 0 aliphatic heterocycles. The molecule has 0 fully saturated rings. The predicted octanol–water partition coefficient (Wildman–Crippen LogP) is 1.38. The highest BCUT2D eigenvalue weighted by Gasteiger charge is 2.29. The summed E-state index contributed by atoms with van der Waals surface area (Å²) in [6.45, 7) is -0.669. The van der Waals surface area contributed by atoms with Crippen molar-refractivity contribution in [2.45, 2.75) is 18.2 Å². The maximum absolute atomic E-state index is 13.5. The van der Waals surface area contributed by atoms with E-state index in [1.165, 1.54) is 6.07 Å². The van der Waals surface area contributed by atoms with Crippen LogP contribution in [0.25, 0.3) is 0 Å². The topological polar surface area (TPSA) is 57.6 Å². The van der Waals surface area contributed by atoms with Gasteiger partial charge >= 0.3 is 0 Å². The van der Waals surface area contributed by atoms with E-state index in [9.17, 15) is 21.6 Å². The molecule has 0 aliphatic rings. The highest BCUT2D eigenvalue weighted by Crippen LogP contribution is 2.21. The highest BCUT2D eigenvalue weighted by molar-refractivity contribution is 7.89. The van der Waals surface area contributed by atoms with E-state index >= 15 is 0 Å². The van der Waals surface area contributed by atoms with Gasteiger partial charge in [-0.25, -0.2) is 21.6 Å². The molecule has 4 nitrogen and oxygen atoms in total. The number of hydrogen-bond acceptors (Lipinski definition) is 3. The molecule has 0 heterocycles.